The molecule has 0 atom stereocenters. The maximum absolute atomic E-state index is 8.14. The standard InChI is InChI=1S/C6H8N6/c1-3-5(9-11-7)6(4-2)10-12-8/h3-4H,1-2H3/b5-3-,6-4+. The van der Waals surface area contributed by atoms with E-state index in [1.807, 2.05) is 0 Å². The van der Waals surface area contributed by atoms with Crippen LogP contribution in [0.15, 0.2) is 33.8 Å². The van der Waals surface area contributed by atoms with E-state index < -0.39 is 0 Å². The molecule has 0 aromatic rings. The van der Waals surface area contributed by atoms with Crippen molar-refractivity contribution in [1.82, 2.24) is 0 Å². The molecular formula is C6H8N6. The van der Waals surface area contributed by atoms with E-state index in [1.54, 1.807) is 26.0 Å². The van der Waals surface area contributed by atoms with E-state index in [0.29, 0.717) is 11.4 Å². The summed E-state index contributed by atoms with van der Waals surface area (Å²) in [6, 6.07) is 0. The highest BCUT2D eigenvalue weighted by Gasteiger charge is 1.96. The van der Waals surface area contributed by atoms with E-state index in [-0.39, 0.29) is 0 Å². The topological polar surface area (TPSA) is 97.5 Å². The van der Waals surface area contributed by atoms with Crippen LogP contribution in [0, 0.1) is 0 Å². The number of rotatable bonds is 3. The fraction of sp³-hybridized carbons (Fsp3) is 0.333. The largest absolute Gasteiger partial charge is 0.0776 e. The number of azide groups is 2. The molecule has 0 aliphatic heterocycles. The van der Waals surface area contributed by atoms with E-state index in [1.165, 1.54) is 0 Å². The van der Waals surface area contributed by atoms with Gasteiger partial charge in [-0.3, -0.25) is 0 Å². The molecule has 0 amide bonds. The zero-order valence-corrected chi connectivity index (χ0v) is 6.84. The zero-order chi connectivity index (χ0) is 9.40. The Morgan fingerprint density at radius 2 is 1.33 bits per heavy atom. The van der Waals surface area contributed by atoms with Gasteiger partial charge in [-0.2, -0.15) is 0 Å². The smallest absolute Gasteiger partial charge is 0.0424 e. The van der Waals surface area contributed by atoms with Crippen LogP contribution < -0.4 is 0 Å². The Morgan fingerprint density at radius 1 is 1.00 bits per heavy atom. The third-order valence-corrected chi connectivity index (χ3v) is 1.11. The molecule has 0 saturated heterocycles. The Bertz CT molecular complexity index is 268. The Balaban J connectivity index is 4.96. The monoisotopic (exact) mass is 164 g/mol. The van der Waals surface area contributed by atoms with Gasteiger partial charge in [0.25, 0.3) is 0 Å². The summed E-state index contributed by atoms with van der Waals surface area (Å²) in [7, 11) is 0. The van der Waals surface area contributed by atoms with Crippen molar-refractivity contribution in [3.05, 3.63) is 44.4 Å². The molecule has 0 aromatic carbocycles. The average Bonchev–Trinajstić information content (AvgIpc) is 2.11. The summed E-state index contributed by atoms with van der Waals surface area (Å²) in [5.74, 6) is 0. The van der Waals surface area contributed by atoms with Crippen molar-refractivity contribution in [2.24, 2.45) is 10.2 Å². The lowest BCUT2D eigenvalue weighted by Crippen LogP contribution is -1.78. The van der Waals surface area contributed by atoms with E-state index in [2.05, 4.69) is 20.1 Å². The first-order valence-corrected chi connectivity index (χ1v) is 3.23. The summed E-state index contributed by atoms with van der Waals surface area (Å²) < 4.78 is 0. The normalized spacial score (nSPS) is 11.5. The molecule has 6 nitrogen and oxygen atoms in total. The molecule has 0 aromatic heterocycles. The second-order valence-corrected chi connectivity index (χ2v) is 1.73. The van der Waals surface area contributed by atoms with Crippen molar-refractivity contribution < 1.29 is 0 Å². The summed E-state index contributed by atoms with van der Waals surface area (Å²) >= 11 is 0. The van der Waals surface area contributed by atoms with Crippen molar-refractivity contribution in [3.8, 4) is 0 Å². The molecule has 0 heterocycles. The van der Waals surface area contributed by atoms with Gasteiger partial charge >= 0.3 is 0 Å². The van der Waals surface area contributed by atoms with E-state index in [4.69, 9.17) is 11.1 Å². The summed E-state index contributed by atoms with van der Waals surface area (Å²) in [4.78, 5) is 5.18. The van der Waals surface area contributed by atoms with Gasteiger partial charge in [-0.1, -0.05) is 22.4 Å². The first-order chi connectivity index (χ1) is 5.79. The van der Waals surface area contributed by atoms with Crippen LogP contribution in [0.2, 0.25) is 0 Å². The van der Waals surface area contributed by atoms with Crippen molar-refractivity contribution in [3.63, 3.8) is 0 Å². The fourth-order valence-corrected chi connectivity index (χ4v) is 0.610. The highest BCUT2D eigenvalue weighted by molar-refractivity contribution is 5.27. The van der Waals surface area contributed by atoms with Gasteiger partial charge in [0.05, 0.1) is 0 Å². The van der Waals surface area contributed by atoms with Crippen molar-refractivity contribution in [2.75, 3.05) is 0 Å². The van der Waals surface area contributed by atoms with Gasteiger partial charge in [-0.15, -0.1) is 0 Å². The van der Waals surface area contributed by atoms with Crippen molar-refractivity contribution in [2.45, 2.75) is 13.8 Å². The van der Waals surface area contributed by atoms with Crippen LogP contribution in [0.5, 0.6) is 0 Å². The minimum absolute atomic E-state index is 0.331. The quantitative estimate of drug-likeness (QED) is 0.264. The minimum Gasteiger partial charge on any atom is -0.0776 e. The summed E-state index contributed by atoms with van der Waals surface area (Å²) in [6.45, 7) is 3.39. The van der Waals surface area contributed by atoms with Crippen molar-refractivity contribution >= 4 is 0 Å². The number of hydrogen-bond acceptors (Lipinski definition) is 2. The van der Waals surface area contributed by atoms with E-state index >= 15 is 0 Å². The molecule has 0 aliphatic carbocycles. The number of hydrogen-bond donors (Lipinski definition) is 0. The summed E-state index contributed by atoms with van der Waals surface area (Å²) in [6.07, 6.45) is 3.15. The Hall–Kier alpha value is -1.90. The molecule has 6 heteroatoms. The first kappa shape index (κ1) is 10.1. The highest BCUT2D eigenvalue weighted by Crippen LogP contribution is 2.12. The van der Waals surface area contributed by atoms with Crippen LogP contribution in [-0.2, 0) is 0 Å². The molecule has 0 fully saturated rings. The van der Waals surface area contributed by atoms with Crippen LogP contribution >= 0.6 is 0 Å². The zero-order valence-electron chi connectivity index (χ0n) is 6.84. The summed E-state index contributed by atoms with van der Waals surface area (Å²) in [5.41, 5.74) is 16.9. The van der Waals surface area contributed by atoms with Crippen molar-refractivity contribution in [1.29, 1.82) is 0 Å². The lowest BCUT2D eigenvalue weighted by Gasteiger charge is -1.95. The second kappa shape index (κ2) is 5.85. The molecule has 0 unspecified atom stereocenters. The Kier molecular flexibility index (Phi) is 4.93. The first-order valence-electron chi connectivity index (χ1n) is 3.23. The molecule has 12 heavy (non-hydrogen) atoms. The molecule has 62 valence electrons. The predicted molar refractivity (Wildman–Crippen MR) is 45.8 cm³/mol. The predicted octanol–water partition coefficient (Wildman–Crippen LogP) is 3.41. The third kappa shape index (κ3) is 2.79. The summed E-state index contributed by atoms with van der Waals surface area (Å²) in [5, 5.41) is 6.68. The molecule has 0 radical (unpaired) electrons. The maximum atomic E-state index is 8.14. The molecule has 0 N–H and O–H groups in total. The molecule has 0 bridgehead atoms. The SMILES string of the molecule is C/C=C(N=[N+]=[N-])/C(=C\C)N=[N+]=[N-]. The van der Waals surface area contributed by atoms with E-state index in [9.17, 15) is 0 Å². The fourth-order valence-electron chi connectivity index (χ4n) is 0.610. The van der Waals surface area contributed by atoms with Gasteiger partial charge in [0.2, 0.25) is 0 Å². The van der Waals surface area contributed by atoms with Crippen LogP contribution in [0.1, 0.15) is 13.8 Å². The minimum atomic E-state index is 0.331. The maximum Gasteiger partial charge on any atom is 0.0424 e. The average molecular weight is 164 g/mol. The lowest BCUT2D eigenvalue weighted by atomic mass is 10.3. The van der Waals surface area contributed by atoms with E-state index in [0.717, 1.165) is 0 Å². The van der Waals surface area contributed by atoms with Gasteiger partial charge < -0.3 is 0 Å². The van der Waals surface area contributed by atoms with Gasteiger partial charge in [0, 0.05) is 21.2 Å². The van der Waals surface area contributed by atoms with Crippen LogP contribution in [0.25, 0.3) is 20.9 Å². The van der Waals surface area contributed by atoms with Gasteiger partial charge in [-0.25, -0.2) is 0 Å². The van der Waals surface area contributed by atoms with Crippen LogP contribution in [-0.4, -0.2) is 0 Å². The van der Waals surface area contributed by atoms with Crippen LogP contribution in [0.4, 0.5) is 0 Å². The molecular weight excluding hydrogens is 156 g/mol. The third-order valence-electron chi connectivity index (χ3n) is 1.11. The molecule has 0 saturated carbocycles. The second-order valence-electron chi connectivity index (χ2n) is 1.73. The Morgan fingerprint density at radius 3 is 1.50 bits per heavy atom. The molecule has 0 aliphatic rings. The highest BCUT2D eigenvalue weighted by atomic mass is 15.2. The number of allylic oxidation sites excluding steroid dienone is 2. The van der Waals surface area contributed by atoms with Gasteiger partial charge in [0.1, 0.15) is 0 Å². The Labute approximate surface area is 69.5 Å². The number of nitrogens with zero attached hydrogens (tertiary/aromatic N) is 6. The van der Waals surface area contributed by atoms with Crippen LogP contribution in [0.3, 0.4) is 0 Å². The van der Waals surface area contributed by atoms with Gasteiger partial charge in [0.15, 0.2) is 0 Å². The molecule has 0 rings (SSSR count). The molecule has 0 spiro atoms. The van der Waals surface area contributed by atoms with Gasteiger partial charge in [-0.05, 0) is 24.9 Å². The lowest BCUT2D eigenvalue weighted by molar-refractivity contribution is 1.18.